The quantitative estimate of drug-likeness (QED) is 0.593. The molecule has 8 nitrogen and oxygen atoms in total. The summed E-state index contributed by atoms with van der Waals surface area (Å²) < 4.78 is 0. The van der Waals surface area contributed by atoms with E-state index in [0.29, 0.717) is 35.6 Å². The molecular weight excluding hydrogens is 422 g/mol. The van der Waals surface area contributed by atoms with Gasteiger partial charge >= 0.3 is 0 Å². The first kappa shape index (κ1) is 21.1. The first-order valence-electron chi connectivity index (χ1n) is 11.2. The number of aromatic nitrogens is 4. The molecule has 0 aromatic carbocycles. The largest absolute Gasteiger partial charge is 0.309 e. The number of hydrogen-bond acceptors (Lipinski definition) is 8. The van der Waals surface area contributed by atoms with Crippen LogP contribution in [0, 0.1) is 0 Å². The van der Waals surface area contributed by atoms with Gasteiger partial charge in [0.1, 0.15) is 22.2 Å². The smallest absolute Gasteiger partial charge is 0.239 e. The van der Waals surface area contributed by atoms with Crippen LogP contribution < -0.4 is 5.32 Å². The Bertz CT molecular complexity index is 1040. The Morgan fingerprint density at radius 2 is 1.97 bits per heavy atom. The molecule has 1 N–H and O–H groups in total. The zero-order valence-electron chi connectivity index (χ0n) is 18.0. The first-order valence-corrected chi connectivity index (χ1v) is 12.1. The third-order valence-corrected chi connectivity index (χ3v) is 6.85. The fraction of sp³-hybridized carbons (Fsp3) is 0.435. The van der Waals surface area contributed by atoms with Gasteiger partial charge in [-0.05, 0) is 57.5 Å². The maximum Gasteiger partial charge on any atom is 0.239 e. The highest BCUT2D eigenvalue weighted by atomic mass is 32.1. The third-order valence-electron chi connectivity index (χ3n) is 6.05. The summed E-state index contributed by atoms with van der Waals surface area (Å²) in [5.74, 6) is 0.905. The van der Waals surface area contributed by atoms with Crippen LogP contribution in [0.25, 0.3) is 22.2 Å². The van der Waals surface area contributed by atoms with Crippen molar-refractivity contribution < 1.29 is 4.79 Å². The van der Waals surface area contributed by atoms with Gasteiger partial charge in [-0.3, -0.25) is 14.7 Å². The summed E-state index contributed by atoms with van der Waals surface area (Å²) >= 11 is 1.50. The van der Waals surface area contributed by atoms with E-state index in [9.17, 15) is 4.79 Å². The molecule has 166 valence electrons. The topological polar surface area (TPSA) is 87.1 Å². The highest BCUT2D eigenvalue weighted by Gasteiger charge is 2.29. The van der Waals surface area contributed by atoms with Crippen LogP contribution in [0.2, 0.25) is 0 Å². The van der Waals surface area contributed by atoms with Crippen molar-refractivity contribution in [1.29, 1.82) is 0 Å². The molecule has 32 heavy (non-hydrogen) atoms. The SMILES string of the molecule is O=C(CN1CCCC1CN1CCCC1)Nc1cc(-c2nccs2)nc(-c2ccccn2)n1. The average Bonchev–Trinajstić information content (AvgIpc) is 3.59. The molecular formula is C23H27N7OS. The van der Waals surface area contributed by atoms with Crippen LogP contribution in [-0.2, 0) is 4.79 Å². The Balaban J connectivity index is 1.31. The third kappa shape index (κ3) is 5.01. The Morgan fingerprint density at radius 1 is 1.06 bits per heavy atom. The van der Waals surface area contributed by atoms with E-state index in [2.05, 4.69) is 35.1 Å². The predicted octanol–water partition coefficient (Wildman–Crippen LogP) is 3.16. The molecule has 2 aliphatic heterocycles. The van der Waals surface area contributed by atoms with Crippen molar-refractivity contribution in [3.63, 3.8) is 0 Å². The van der Waals surface area contributed by atoms with Gasteiger partial charge in [-0.25, -0.2) is 15.0 Å². The molecule has 1 atom stereocenters. The summed E-state index contributed by atoms with van der Waals surface area (Å²) in [6.07, 6.45) is 8.35. The molecule has 0 radical (unpaired) electrons. The lowest BCUT2D eigenvalue weighted by Crippen LogP contribution is -2.42. The van der Waals surface area contributed by atoms with Crippen LogP contribution in [0.15, 0.2) is 42.0 Å². The molecule has 5 rings (SSSR count). The van der Waals surface area contributed by atoms with Gasteiger partial charge in [0.25, 0.3) is 0 Å². The number of pyridine rings is 1. The lowest BCUT2D eigenvalue weighted by Gasteiger charge is -2.27. The van der Waals surface area contributed by atoms with E-state index in [1.165, 1.54) is 37.3 Å². The van der Waals surface area contributed by atoms with Gasteiger partial charge in [-0.1, -0.05) is 6.07 Å². The normalized spacial score (nSPS) is 19.4. The van der Waals surface area contributed by atoms with Crippen LogP contribution in [0.4, 0.5) is 5.82 Å². The number of thiazole rings is 1. The van der Waals surface area contributed by atoms with Crippen LogP contribution in [0.3, 0.4) is 0 Å². The number of anilines is 1. The Morgan fingerprint density at radius 3 is 2.75 bits per heavy atom. The van der Waals surface area contributed by atoms with Gasteiger partial charge in [-0.15, -0.1) is 11.3 Å². The molecule has 2 fully saturated rings. The molecule has 5 heterocycles. The summed E-state index contributed by atoms with van der Waals surface area (Å²) in [7, 11) is 0. The predicted molar refractivity (Wildman–Crippen MR) is 125 cm³/mol. The molecule has 3 aromatic heterocycles. The number of carbonyl (C=O) groups excluding carboxylic acids is 1. The van der Waals surface area contributed by atoms with Gasteiger partial charge in [-0.2, -0.15) is 0 Å². The van der Waals surface area contributed by atoms with Crippen molar-refractivity contribution in [3.8, 4) is 22.2 Å². The maximum atomic E-state index is 12.9. The minimum absolute atomic E-state index is 0.0471. The fourth-order valence-electron chi connectivity index (χ4n) is 4.52. The summed E-state index contributed by atoms with van der Waals surface area (Å²) in [5, 5.41) is 5.69. The summed E-state index contributed by atoms with van der Waals surface area (Å²) in [6.45, 7) is 4.80. The van der Waals surface area contributed by atoms with E-state index in [4.69, 9.17) is 0 Å². The summed E-state index contributed by atoms with van der Waals surface area (Å²) in [4.78, 5) is 35.7. The molecule has 0 spiro atoms. The highest BCUT2D eigenvalue weighted by molar-refractivity contribution is 7.13. The van der Waals surface area contributed by atoms with Gasteiger partial charge in [0.05, 0.1) is 6.54 Å². The van der Waals surface area contributed by atoms with Crippen molar-refractivity contribution in [1.82, 2.24) is 29.7 Å². The minimum atomic E-state index is -0.0471. The molecule has 3 aromatic rings. The summed E-state index contributed by atoms with van der Waals surface area (Å²) in [6, 6.07) is 7.85. The highest BCUT2D eigenvalue weighted by Crippen LogP contribution is 2.25. The standard InChI is InChI=1S/C23H27N7OS/c31-21(16-30-12-5-6-17(30)15-29-10-3-4-11-29)27-20-14-19(23-25-9-13-32-23)26-22(28-20)18-7-1-2-8-24-18/h1-2,7-9,13-14,17H,3-6,10-12,15-16H2,(H,26,27,28,31). The maximum absolute atomic E-state index is 12.9. The second-order valence-corrected chi connectivity index (χ2v) is 9.23. The van der Waals surface area contributed by atoms with Crippen LogP contribution in [-0.4, -0.2) is 74.4 Å². The first-order chi connectivity index (χ1) is 15.7. The van der Waals surface area contributed by atoms with Crippen molar-refractivity contribution in [2.45, 2.75) is 31.7 Å². The molecule has 2 saturated heterocycles. The molecule has 1 amide bonds. The number of nitrogens with zero attached hydrogens (tertiary/aromatic N) is 6. The van der Waals surface area contributed by atoms with Crippen molar-refractivity contribution in [2.24, 2.45) is 0 Å². The van der Waals surface area contributed by atoms with Gasteiger partial charge in [0.2, 0.25) is 5.91 Å². The monoisotopic (exact) mass is 449 g/mol. The van der Waals surface area contributed by atoms with Crippen LogP contribution in [0.5, 0.6) is 0 Å². The van der Waals surface area contributed by atoms with E-state index < -0.39 is 0 Å². The summed E-state index contributed by atoms with van der Waals surface area (Å²) in [5.41, 5.74) is 1.34. The molecule has 2 aliphatic rings. The average molecular weight is 450 g/mol. The number of hydrogen-bond donors (Lipinski definition) is 1. The van der Waals surface area contributed by atoms with Crippen molar-refractivity contribution >= 4 is 23.1 Å². The molecule has 9 heteroatoms. The number of rotatable bonds is 7. The molecule has 0 aliphatic carbocycles. The Hall–Kier alpha value is -2.75. The number of amides is 1. The van der Waals surface area contributed by atoms with E-state index in [1.807, 2.05) is 23.6 Å². The van der Waals surface area contributed by atoms with E-state index in [0.717, 1.165) is 30.9 Å². The zero-order valence-corrected chi connectivity index (χ0v) is 18.8. The second-order valence-electron chi connectivity index (χ2n) is 8.34. The van der Waals surface area contributed by atoms with Gasteiger partial charge in [0.15, 0.2) is 5.82 Å². The van der Waals surface area contributed by atoms with E-state index in [1.54, 1.807) is 18.5 Å². The van der Waals surface area contributed by atoms with Crippen molar-refractivity contribution in [2.75, 3.05) is 38.0 Å². The zero-order chi connectivity index (χ0) is 21.8. The van der Waals surface area contributed by atoms with E-state index >= 15 is 0 Å². The number of likely N-dealkylation sites (tertiary alicyclic amines) is 2. The van der Waals surface area contributed by atoms with Gasteiger partial charge < -0.3 is 10.2 Å². The lowest BCUT2D eigenvalue weighted by molar-refractivity contribution is -0.117. The molecule has 0 saturated carbocycles. The number of nitrogens with one attached hydrogen (secondary N) is 1. The Kier molecular flexibility index (Phi) is 6.47. The second kappa shape index (κ2) is 9.81. The lowest BCUT2D eigenvalue weighted by atomic mass is 10.2. The minimum Gasteiger partial charge on any atom is -0.309 e. The number of carbonyl (C=O) groups is 1. The molecule has 1 unspecified atom stereocenters. The van der Waals surface area contributed by atoms with Crippen LogP contribution >= 0.6 is 11.3 Å². The van der Waals surface area contributed by atoms with E-state index in [-0.39, 0.29) is 5.91 Å². The van der Waals surface area contributed by atoms with Crippen molar-refractivity contribution in [3.05, 3.63) is 42.0 Å². The van der Waals surface area contributed by atoms with Gasteiger partial charge in [0, 0.05) is 36.4 Å². The van der Waals surface area contributed by atoms with Crippen LogP contribution in [0.1, 0.15) is 25.7 Å². The molecule has 0 bridgehead atoms. The fourth-order valence-corrected chi connectivity index (χ4v) is 5.12. The Labute approximate surface area is 191 Å².